The number of ether oxygens (including phenoxy) is 1. The van der Waals surface area contributed by atoms with Crippen LogP contribution in [0.2, 0.25) is 0 Å². The average molecular weight is 435 g/mol. The fraction of sp³-hybridized carbons (Fsp3) is 0.280. The van der Waals surface area contributed by atoms with E-state index in [1.54, 1.807) is 12.3 Å². The summed E-state index contributed by atoms with van der Waals surface area (Å²) in [7, 11) is 0. The van der Waals surface area contributed by atoms with Crippen molar-refractivity contribution in [1.82, 2.24) is 4.90 Å². The van der Waals surface area contributed by atoms with Crippen LogP contribution in [0.1, 0.15) is 22.3 Å². The summed E-state index contributed by atoms with van der Waals surface area (Å²) in [5.74, 6) is -1.17. The minimum Gasteiger partial charge on any atom is -0.494 e. The maximum Gasteiger partial charge on any atom is 0.277 e. The van der Waals surface area contributed by atoms with Crippen LogP contribution in [0.15, 0.2) is 53.5 Å². The van der Waals surface area contributed by atoms with Crippen LogP contribution in [-0.2, 0) is 0 Å². The van der Waals surface area contributed by atoms with E-state index in [-0.39, 0.29) is 5.91 Å². The molecule has 0 unspecified atom stereocenters. The zero-order valence-electron chi connectivity index (χ0n) is 17.6. The normalized spacial score (nSPS) is 16.1. The number of piperazine rings is 1. The SMILES string of the molecule is O=C1N=Cc2ccc(OCCCN3CCN(c4cccc5cc(F)c(F)cc45)CC3)cc21. The van der Waals surface area contributed by atoms with Crippen molar-refractivity contribution in [3.05, 3.63) is 71.3 Å². The lowest BCUT2D eigenvalue weighted by Crippen LogP contribution is -2.46. The lowest BCUT2D eigenvalue weighted by atomic mass is 10.1. The van der Waals surface area contributed by atoms with Gasteiger partial charge in [-0.15, -0.1) is 0 Å². The van der Waals surface area contributed by atoms with Crippen molar-refractivity contribution in [3.8, 4) is 5.75 Å². The number of nitrogens with zero attached hydrogens (tertiary/aromatic N) is 3. The number of fused-ring (bicyclic) bond motifs is 2. The number of hydrogen-bond acceptors (Lipinski definition) is 4. The van der Waals surface area contributed by atoms with E-state index in [0.29, 0.717) is 23.3 Å². The molecule has 0 bridgehead atoms. The Morgan fingerprint density at radius 3 is 2.62 bits per heavy atom. The molecular formula is C25H23F2N3O2. The predicted molar refractivity (Wildman–Crippen MR) is 121 cm³/mol. The number of hydrogen-bond donors (Lipinski definition) is 0. The Hall–Kier alpha value is -3.32. The monoisotopic (exact) mass is 435 g/mol. The molecule has 0 N–H and O–H groups in total. The molecule has 0 aromatic heterocycles. The molecule has 0 atom stereocenters. The van der Waals surface area contributed by atoms with Gasteiger partial charge in [-0.25, -0.2) is 13.8 Å². The van der Waals surface area contributed by atoms with Gasteiger partial charge in [-0.2, -0.15) is 0 Å². The third-order valence-corrected chi connectivity index (χ3v) is 6.07. The van der Waals surface area contributed by atoms with Gasteiger partial charge in [0.15, 0.2) is 11.6 Å². The second-order valence-electron chi connectivity index (χ2n) is 8.11. The van der Waals surface area contributed by atoms with E-state index >= 15 is 0 Å². The minimum absolute atomic E-state index is 0.220. The summed E-state index contributed by atoms with van der Waals surface area (Å²) in [6, 6.07) is 13.7. The average Bonchev–Trinajstić information content (AvgIpc) is 3.18. The molecule has 1 fully saturated rings. The standard InChI is InChI=1S/C25H23F2N3O2/c26-22-13-17-3-1-4-24(20(17)15-23(22)27)30-10-8-29(9-11-30)7-2-12-32-19-6-5-18-16-28-25(31)21(18)14-19/h1,3-6,13-16H,2,7-12H2. The molecule has 2 aliphatic rings. The van der Waals surface area contributed by atoms with Gasteiger partial charge in [0, 0.05) is 55.6 Å². The molecule has 5 nitrogen and oxygen atoms in total. The van der Waals surface area contributed by atoms with Crippen LogP contribution in [0.5, 0.6) is 5.75 Å². The van der Waals surface area contributed by atoms with Gasteiger partial charge < -0.3 is 9.64 Å². The van der Waals surface area contributed by atoms with E-state index in [0.717, 1.165) is 55.8 Å². The number of carbonyl (C=O) groups excluding carboxylic acids is 1. The van der Waals surface area contributed by atoms with E-state index < -0.39 is 11.6 Å². The molecule has 2 heterocycles. The molecule has 164 valence electrons. The highest BCUT2D eigenvalue weighted by atomic mass is 19.2. The Labute approximate surface area is 184 Å². The number of carbonyl (C=O) groups is 1. The zero-order chi connectivity index (χ0) is 22.1. The Morgan fingerprint density at radius 1 is 0.969 bits per heavy atom. The molecule has 2 aliphatic heterocycles. The molecule has 0 radical (unpaired) electrons. The van der Waals surface area contributed by atoms with Crippen molar-refractivity contribution in [2.75, 3.05) is 44.2 Å². The lowest BCUT2D eigenvalue weighted by Gasteiger charge is -2.36. The Balaban J connectivity index is 1.12. The summed E-state index contributed by atoms with van der Waals surface area (Å²) >= 11 is 0. The number of halogens is 2. The van der Waals surface area contributed by atoms with Crippen LogP contribution in [0.25, 0.3) is 10.8 Å². The Bertz CT molecular complexity index is 1200. The lowest BCUT2D eigenvalue weighted by molar-refractivity contribution is 0.101. The Kier molecular flexibility index (Phi) is 5.57. The highest BCUT2D eigenvalue weighted by molar-refractivity contribution is 6.13. The highest BCUT2D eigenvalue weighted by Gasteiger charge is 2.20. The van der Waals surface area contributed by atoms with Crippen molar-refractivity contribution >= 4 is 28.6 Å². The first-order valence-electron chi connectivity index (χ1n) is 10.8. The van der Waals surface area contributed by atoms with Gasteiger partial charge in [-0.05, 0) is 48.2 Å². The van der Waals surface area contributed by atoms with Crippen LogP contribution >= 0.6 is 0 Å². The minimum atomic E-state index is -0.818. The summed E-state index contributed by atoms with van der Waals surface area (Å²) in [5.41, 5.74) is 2.37. The summed E-state index contributed by atoms with van der Waals surface area (Å²) in [4.78, 5) is 20.1. The quantitative estimate of drug-likeness (QED) is 0.542. The Morgan fingerprint density at radius 2 is 1.78 bits per heavy atom. The summed E-state index contributed by atoms with van der Waals surface area (Å²) in [6.45, 7) is 4.92. The van der Waals surface area contributed by atoms with Crippen LogP contribution in [0.3, 0.4) is 0 Å². The number of aliphatic imine (C=N–C) groups is 1. The molecule has 0 aliphatic carbocycles. The molecule has 0 spiro atoms. The van der Waals surface area contributed by atoms with E-state index in [2.05, 4.69) is 14.8 Å². The second-order valence-corrected chi connectivity index (χ2v) is 8.11. The van der Waals surface area contributed by atoms with E-state index in [4.69, 9.17) is 4.74 Å². The fourth-order valence-electron chi connectivity index (χ4n) is 4.34. The summed E-state index contributed by atoms with van der Waals surface area (Å²) in [6.07, 6.45) is 2.45. The number of amides is 1. The summed E-state index contributed by atoms with van der Waals surface area (Å²) < 4.78 is 33.2. The molecular weight excluding hydrogens is 412 g/mol. The van der Waals surface area contributed by atoms with E-state index in [1.165, 1.54) is 12.1 Å². The van der Waals surface area contributed by atoms with Crippen molar-refractivity contribution in [2.45, 2.75) is 6.42 Å². The molecule has 32 heavy (non-hydrogen) atoms. The molecule has 1 saturated heterocycles. The molecule has 5 rings (SSSR count). The van der Waals surface area contributed by atoms with Crippen molar-refractivity contribution in [2.24, 2.45) is 4.99 Å². The van der Waals surface area contributed by atoms with Gasteiger partial charge in [0.05, 0.1) is 12.2 Å². The van der Waals surface area contributed by atoms with Crippen molar-refractivity contribution in [3.63, 3.8) is 0 Å². The number of rotatable bonds is 6. The number of anilines is 1. The zero-order valence-corrected chi connectivity index (χ0v) is 17.6. The van der Waals surface area contributed by atoms with Gasteiger partial charge in [0.2, 0.25) is 0 Å². The maximum atomic E-state index is 13.8. The van der Waals surface area contributed by atoms with Crippen molar-refractivity contribution in [1.29, 1.82) is 0 Å². The highest BCUT2D eigenvalue weighted by Crippen LogP contribution is 2.29. The van der Waals surface area contributed by atoms with Crippen LogP contribution < -0.4 is 9.64 Å². The first kappa shape index (κ1) is 20.6. The molecule has 0 saturated carbocycles. The first-order valence-corrected chi connectivity index (χ1v) is 10.8. The van der Waals surface area contributed by atoms with E-state index in [9.17, 15) is 13.6 Å². The van der Waals surface area contributed by atoms with Gasteiger partial charge in [-0.1, -0.05) is 12.1 Å². The van der Waals surface area contributed by atoms with Crippen LogP contribution in [-0.4, -0.2) is 56.4 Å². The van der Waals surface area contributed by atoms with Crippen molar-refractivity contribution < 1.29 is 18.3 Å². The maximum absolute atomic E-state index is 13.8. The van der Waals surface area contributed by atoms with Gasteiger partial charge in [0.1, 0.15) is 5.75 Å². The topological polar surface area (TPSA) is 45.1 Å². The molecule has 1 amide bonds. The first-order chi connectivity index (χ1) is 15.6. The smallest absolute Gasteiger partial charge is 0.277 e. The fourth-order valence-corrected chi connectivity index (χ4v) is 4.34. The largest absolute Gasteiger partial charge is 0.494 e. The second kappa shape index (κ2) is 8.67. The van der Waals surface area contributed by atoms with Gasteiger partial charge in [-0.3, -0.25) is 9.69 Å². The predicted octanol–water partition coefficient (Wildman–Crippen LogP) is 4.28. The molecule has 7 heteroatoms. The molecule has 3 aromatic carbocycles. The van der Waals surface area contributed by atoms with Gasteiger partial charge in [0.25, 0.3) is 5.91 Å². The van der Waals surface area contributed by atoms with Crippen LogP contribution in [0, 0.1) is 11.6 Å². The number of benzene rings is 3. The summed E-state index contributed by atoms with van der Waals surface area (Å²) in [5, 5.41) is 1.45. The van der Waals surface area contributed by atoms with Crippen LogP contribution in [0.4, 0.5) is 14.5 Å². The van der Waals surface area contributed by atoms with Gasteiger partial charge >= 0.3 is 0 Å². The third-order valence-electron chi connectivity index (χ3n) is 6.07. The molecule has 3 aromatic rings. The van der Waals surface area contributed by atoms with E-state index in [1.807, 2.05) is 30.3 Å². The third kappa shape index (κ3) is 4.08.